The fourth-order valence-electron chi connectivity index (χ4n) is 4.31. The van der Waals surface area contributed by atoms with Crippen molar-refractivity contribution in [2.75, 3.05) is 0 Å². The van der Waals surface area contributed by atoms with E-state index in [9.17, 15) is 19.8 Å². The van der Waals surface area contributed by atoms with Crippen molar-refractivity contribution in [3.8, 4) is 34.1 Å². The SMILES string of the molecule is CC(C)Oc1ccc([C@H]2CC(=O)Oc3cc(O)c4c(=O)c(-c5ccc(O)cc5)coc4c32)cc1. The molecule has 1 aliphatic rings. The van der Waals surface area contributed by atoms with Crippen molar-refractivity contribution in [2.24, 2.45) is 0 Å². The van der Waals surface area contributed by atoms with E-state index in [0.717, 1.165) is 5.56 Å². The summed E-state index contributed by atoms with van der Waals surface area (Å²) in [5.41, 5.74) is 1.87. The lowest BCUT2D eigenvalue weighted by Crippen LogP contribution is -2.22. The number of rotatable bonds is 4. The van der Waals surface area contributed by atoms with Crippen LogP contribution in [0, 0.1) is 0 Å². The van der Waals surface area contributed by atoms with E-state index in [0.29, 0.717) is 16.9 Å². The van der Waals surface area contributed by atoms with Crippen molar-refractivity contribution < 1.29 is 28.9 Å². The second kappa shape index (κ2) is 8.26. The Bertz CT molecular complexity index is 1450. The molecule has 0 spiro atoms. The van der Waals surface area contributed by atoms with Crippen molar-refractivity contribution in [3.05, 3.63) is 82.2 Å². The highest BCUT2D eigenvalue weighted by Gasteiger charge is 2.33. The van der Waals surface area contributed by atoms with Crippen LogP contribution in [-0.4, -0.2) is 22.3 Å². The zero-order valence-corrected chi connectivity index (χ0v) is 18.6. The number of phenols is 2. The minimum absolute atomic E-state index is 0.00651. The molecule has 172 valence electrons. The van der Waals surface area contributed by atoms with Gasteiger partial charge in [0.15, 0.2) is 0 Å². The smallest absolute Gasteiger partial charge is 0.312 e. The first-order chi connectivity index (χ1) is 16.3. The van der Waals surface area contributed by atoms with Crippen LogP contribution >= 0.6 is 0 Å². The summed E-state index contributed by atoms with van der Waals surface area (Å²) < 4.78 is 17.0. The standard InChI is InChI=1S/C27H22O7/c1-14(2)33-18-9-5-15(6-10-18)19-11-23(30)34-22-12-21(29)25-26(31)20(13-32-27(25)24(19)22)16-3-7-17(28)8-4-16/h3-10,12-14,19,28-29H,11H2,1-2H3/t19-/m1/s1. The first-order valence-electron chi connectivity index (χ1n) is 10.9. The van der Waals surface area contributed by atoms with Gasteiger partial charge in [-0.05, 0) is 49.2 Å². The Labute approximate surface area is 194 Å². The van der Waals surface area contributed by atoms with Crippen LogP contribution < -0.4 is 14.9 Å². The van der Waals surface area contributed by atoms with Gasteiger partial charge in [0, 0.05) is 17.5 Å². The third-order valence-corrected chi connectivity index (χ3v) is 5.80. The van der Waals surface area contributed by atoms with E-state index in [2.05, 4.69) is 0 Å². The van der Waals surface area contributed by atoms with Gasteiger partial charge < -0.3 is 24.1 Å². The Hall–Kier alpha value is -4.26. The molecule has 0 radical (unpaired) electrons. The molecular formula is C27H22O7. The monoisotopic (exact) mass is 458 g/mol. The van der Waals surface area contributed by atoms with Crippen molar-refractivity contribution in [1.82, 2.24) is 0 Å². The second-order valence-electron chi connectivity index (χ2n) is 8.50. The topological polar surface area (TPSA) is 106 Å². The summed E-state index contributed by atoms with van der Waals surface area (Å²) in [6, 6.07) is 14.8. The molecule has 0 fully saturated rings. The zero-order valence-electron chi connectivity index (χ0n) is 18.6. The predicted octanol–water partition coefficient (Wildman–Crippen LogP) is 5.10. The molecule has 1 atom stereocenters. The summed E-state index contributed by atoms with van der Waals surface area (Å²) in [7, 11) is 0. The molecule has 2 heterocycles. The molecule has 34 heavy (non-hydrogen) atoms. The van der Waals surface area contributed by atoms with E-state index in [-0.39, 0.29) is 46.3 Å². The maximum absolute atomic E-state index is 13.4. The molecule has 1 aliphatic heterocycles. The van der Waals surface area contributed by atoms with Crippen molar-refractivity contribution in [2.45, 2.75) is 32.3 Å². The first kappa shape index (κ1) is 21.6. The number of ether oxygens (including phenoxy) is 2. The van der Waals surface area contributed by atoms with Gasteiger partial charge in [-0.15, -0.1) is 0 Å². The number of hydrogen-bond acceptors (Lipinski definition) is 7. The number of esters is 1. The van der Waals surface area contributed by atoms with E-state index in [1.165, 1.54) is 24.5 Å². The molecule has 0 amide bonds. The molecule has 3 aromatic carbocycles. The second-order valence-corrected chi connectivity index (χ2v) is 8.50. The molecule has 0 aliphatic carbocycles. The predicted molar refractivity (Wildman–Crippen MR) is 126 cm³/mol. The van der Waals surface area contributed by atoms with E-state index >= 15 is 0 Å². The molecule has 4 aromatic rings. The van der Waals surface area contributed by atoms with Crippen molar-refractivity contribution >= 4 is 16.9 Å². The summed E-state index contributed by atoms with van der Waals surface area (Å²) in [6.45, 7) is 3.88. The summed E-state index contributed by atoms with van der Waals surface area (Å²) >= 11 is 0. The number of carbonyl (C=O) groups excluding carboxylic acids is 1. The average molecular weight is 458 g/mol. The molecule has 1 aromatic heterocycles. The summed E-state index contributed by atoms with van der Waals surface area (Å²) in [6.07, 6.45) is 1.41. The number of fused-ring (bicyclic) bond motifs is 3. The zero-order chi connectivity index (χ0) is 24.0. The molecule has 0 saturated carbocycles. The van der Waals surface area contributed by atoms with E-state index in [1.54, 1.807) is 12.1 Å². The van der Waals surface area contributed by atoms with Crippen molar-refractivity contribution in [3.63, 3.8) is 0 Å². The van der Waals surface area contributed by atoms with Crippen LogP contribution in [-0.2, 0) is 4.79 Å². The van der Waals surface area contributed by atoms with Crippen LogP contribution in [0.2, 0.25) is 0 Å². The van der Waals surface area contributed by atoms with Gasteiger partial charge >= 0.3 is 5.97 Å². The van der Waals surface area contributed by atoms with E-state index < -0.39 is 17.3 Å². The normalized spacial score (nSPS) is 15.3. The Morgan fingerprint density at radius 3 is 2.38 bits per heavy atom. The van der Waals surface area contributed by atoms with Gasteiger partial charge in [0.1, 0.15) is 40.2 Å². The molecule has 7 nitrogen and oxygen atoms in total. The quantitative estimate of drug-likeness (QED) is 0.324. The maximum atomic E-state index is 13.4. The molecule has 7 heteroatoms. The average Bonchev–Trinajstić information content (AvgIpc) is 2.79. The van der Waals surface area contributed by atoms with Crippen LogP contribution in [0.25, 0.3) is 22.1 Å². The summed E-state index contributed by atoms with van der Waals surface area (Å²) in [5.74, 6) is -0.276. The molecule has 0 bridgehead atoms. The summed E-state index contributed by atoms with van der Waals surface area (Å²) in [4.78, 5) is 25.7. The Morgan fingerprint density at radius 1 is 1.00 bits per heavy atom. The number of carbonyl (C=O) groups is 1. The van der Waals surface area contributed by atoms with E-state index in [4.69, 9.17) is 13.9 Å². The van der Waals surface area contributed by atoms with Gasteiger partial charge in [0.2, 0.25) is 5.43 Å². The molecule has 2 N–H and O–H groups in total. The maximum Gasteiger partial charge on any atom is 0.312 e. The number of hydrogen-bond donors (Lipinski definition) is 2. The Balaban J connectivity index is 1.68. The van der Waals surface area contributed by atoms with Crippen molar-refractivity contribution in [1.29, 1.82) is 0 Å². The fraction of sp³-hybridized carbons (Fsp3) is 0.185. The third kappa shape index (κ3) is 3.75. The van der Waals surface area contributed by atoms with Gasteiger partial charge in [-0.25, -0.2) is 0 Å². The molecular weight excluding hydrogens is 436 g/mol. The third-order valence-electron chi connectivity index (χ3n) is 5.80. The number of aromatic hydroxyl groups is 2. The number of phenolic OH excluding ortho intramolecular Hbond substituents is 2. The van der Waals surface area contributed by atoms with E-state index in [1.807, 2.05) is 38.1 Å². The lowest BCUT2D eigenvalue weighted by atomic mass is 9.85. The van der Waals surface area contributed by atoms with Gasteiger partial charge in [0.05, 0.1) is 18.1 Å². The minimum Gasteiger partial charge on any atom is -0.508 e. The fourth-order valence-corrected chi connectivity index (χ4v) is 4.31. The largest absolute Gasteiger partial charge is 0.508 e. The molecule has 0 unspecified atom stereocenters. The van der Waals surface area contributed by atoms with Gasteiger partial charge in [-0.1, -0.05) is 24.3 Å². The highest BCUT2D eigenvalue weighted by atomic mass is 16.5. The molecule has 5 rings (SSSR count). The first-order valence-corrected chi connectivity index (χ1v) is 10.9. The van der Waals surface area contributed by atoms with Gasteiger partial charge in [0.25, 0.3) is 0 Å². The van der Waals surface area contributed by atoms with Gasteiger partial charge in [-0.2, -0.15) is 0 Å². The lowest BCUT2D eigenvalue weighted by molar-refractivity contribution is -0.135. The lowest BCUT2D eigenvalue weighted by Gasteiger charge is -2.26. The summed E-state index contributed by atoms with van der Waals surface area (Å²) in [5, 5.41) is 20.2. The Morgan fingerprint density at radius 2 is 1.71 bits per heavy atom. The van der Waals surface area contributed by atoms with Crippen LogP contribution in [0.3, 0.4) is 0 Å². The van der Waals surface area contributed by atoms with Crippen LogP contribution in [0.4, 0.5) is 0 Å². The minimum atomic E-state index is -0.443. The van der Waals surface area contributed by atoms with Crippen LogP contribution in [0.1, 0.15) is 37.3 Å². The van der Waals surface area contributed by atoms with Crippen LogP contribution in [0.15, 0.2) is 70.1 Å². The van der Waals surface area contributed by atoms with Crippen LogP contribution in [0.5, 0.6) is 23.0 Å². The number of benzene rings is 3. The highest BCUT2D eigenvalue weighted by molar-refractivity contribution is 5.94. The molecule has 0 saturated heterocycles. The highest BCUT2D eigenvalue weighted by Crippen LogP contribution is 2.45. The Kier molecular flexibility index (Phi) is 5.24. The van der Waals surface area contributed by atoms with Gasteiger partial charge in [-0.3, -0.25) is 9.59 Å².